The zero-order valence-electron chi connectivity index (χ0n) is 18.0. The van der Waals surface area contributed by atoms with Gasteiger partial charge in [-0.25, -0.2) is 0 Å². The first-order valence-electron chi connectivity index (χ1n) is 10.1. The number of benzene rings is 1. The summed E-state index contributed by atoms with van der Waals surface area (Å²) >= 11 is 0. The van der Waals surface area contributed by atoms with Crippen LogP contribution in [0.4, 0.5) is 0 Å². The maximum Gasteiger partial charge on any atom is 0.304 e. The molecule has 0 saturated carbocycles. The third kappa shape index (κ3) is 8.80. The van der Waals surface area contributed by atoms with E-state index in [1.54, 1.807) is 6.20 Å². The normalized spacial score (nSPS) is 12.2. The zero-order chi connectivity index (χ0) is 22.5. The third-order valence-electron chi connectivity index (χ3n) is 4.56. The summed E-state index contributed by atoms with van der Waals surface area (Å²) in [5, 5.41) is 15.9. The largest absolute Gasteiger partial charge is 0.481 e. The van der Waals surface area contributed by atoms with E-state index in [0.29, 0.717) is 25.4 Å². The number of carboxylic acid groups (broad SMARTS) is 1. The molecule has 2 N–H and O–H groups in total. The molecule has 1 heterocycles. The predicted molar refractivity (Wildman–Crippen MR) is 125 cm³/mol. The van der Waals surface area contributed by atoms with Gasteiger partial charge in [-0.3, -0.25) is 9.78 Å². The van der Waals surface area contributed by atoms with Crippen LogP contribution in [0.3, 0.4) is 0 Å². The highest BCUT2D eigenvalue weighted by molar-refractivity contribution is 5.99. The lowest BCUT2D eigenvalue weighted by Crippen LogP contribution is -2.20. The topological polar surface area (TPSA) is 83.8 Å². The molecule has 2 aromatic rings. The van der Waals surface area contributed by atoms with Crippen molar-refractivity contribution < 1.29 is 14.7 Å². The van der Waals surface area contributed by atoms with Gasteiger partial charge in [-0.1, -0.05) is 60.3 Å². The monoisotopic (exact) mass is 419 g/mol. The van der Waals surface area contributed by atoms with E-state index in [9.17, 15) is 4.79 Å². The first-order valence-corrected chi connectivity index (χ1v) is 10.1. The highest BCUT2D eigenvalue weighted by atomic mass is 16.6. The van der Waals surface area contributed by atoms with Crippen molar-refractivity contribution in [3.63, 3.8) is 0 Å². The number of allylic oxidation sites excluding steroid dienone is 3. The molecule has 162 valence electrons. The highest BCUT2D eigenvalue weighted by Crippen LogP contribution is 2.18. The molecule has 0 aliphatic rings. The second-order valence-corrected chi connectivity index (χ2v) is 6.93. The molecule has 6 nitrogen and oxygen atoms in total. The first kappa shape index (κ1) is 23.8. The first-order chi connectivity index (χ1) is 15.0. The Morgan fingerprint density at radius 2 is 2.00 bits per heavy atom. The van der Waals surface area contributed by atoms with Crippen LogP contribution < -0.4 is 5.32 Å². The van der Waals surface area contributed by atoms with E-state index < -0.39 is 5.97 Å². The van der Waals surface area contributed by atoms with E-state index in [-0.39, 0.29) is 6.42 Å². The molecule has 0 bridgehead atoms. The standard InChI is InChI=1S/C25H29N3O3/c1-4-21(16-27-15-13-25(29)30)8-7-19(2)20(3)28-31-18-22-9-11-23(12-10-22)24-6-5-14-26-17-24/h4-12,14,17,27H,2,13,15-16,18H2,1,3H3,(H,29,30)/b8-7-,21-4+,28-20+. The molecule has 0 radical (unpaired) electrons. The number of hydrogen-bond donors (Lipinski definition) is 2. The number of carboxylic acids is 1. The lowest BCUT2D eigenvalue weighted by Gasteiger charge is -2.06. The second-order valence-electron chi connectivity index (χ2n) is 6.93. The highest BCUT2D eigenvalue weighted by Gasteiger charge is 2.01. The fourth-order valence-corrected chi connectivity index (χ4v) is 2.60. The minimum Gasteiger partial charge on any atom is -0.481 e. The second kappa shape index (κ2) is 12.9. The van der Waals surface area contributed by atoms with Crippen LogP contribution in [0.1, 0.15) is 25.8 Å². The van der Waals surface area contributed by atoms with Crippen molar-refractivity contribution in [3.05, 3.63) is 90.3 Å². The molecule has 0 aliphatic carbocycles. The van der Waals surface area contributed by atoms with Crippen LogP contribution in [0.25, 0.3) is 11.1 Å². The van der Waals surface area contributed by atoms with Gasteiger partial charge >= 0.3 is 5.97 Å². The third-order valence-corrected chi connectivity index (χ3v) is 4.56. The zero-order valence-corrected chi connectivity index (χ0v) is 18.0. The molecule has 6 heteroatoms. The van der Waals surface area contributed by atoms with Crippen LogP contribution in [-0.2, 0) is 16.2 Å². The van der Waals surface area contributed by atoms with E-state index in [2.05, 4.69) is 22.0 Å². The molecule has 0 spiro atoms. The maximum atomic E-state index is 10.5. The van der Waals surface area contributed by atoms with E-state index in [1.807, 2.05) is 74.7 Å². The van der Waals surface area contributed by atoms with Crippen LogP contribution in [-0.4, -0.2) is 34.9 Å². The molecule has 1 aromatic carbocycles. The van der Waals surface area contributed by atoms with Gasteiger partial charge in [0.1, 0.15) is 6.61 Å². The van der Waals surface area contributed by atoms with Crippen molar-refractivity contribution >= 4 is 11.7 Å². The van der Waals surface area contributed by atoms with Crippen LogP contribution in [0, 0.1) is 0 Å². The average Bonchev–Trinajstić information content (AvgIpc) is 2.79. The molecule has 2 rings (SSSR count). The summed E-state index contributed by atoms with van der Waals surface area (Å²) in [6, 6.07) is 12.0. The molecule has 0 fully saturated rings. The van der Waals surface area contributed by atoms with Gasteiger partial charge in [-0.05, 0) is 47.8 Å². The fraction of sp³-hybridized carbons (Fsp3) is 0.240. The van der Waals surface area contributed by atoms with Gasteiger partial charge in [-0.15, -0.1) is 0 Å². The number of aliphatic carboxylic acids is 1. The van der Waals surface area contributed by atoms with Crippen LogP contribution in [0.2, 0.25) is 0 Å². The van der Waals surface area contributed by atoms with E-state index in [4.69, 9.17) is 9.94 Å². The summed E-state index contributed by atoms with van der Waals surface area (Å²) in [5.74, 6) is -0.810. The quantitative estimate of drug-likeness (QED) is 0.224. The average molecular weight is 420 g/mol. The van der Waals surface area contributed by atoms with Gasteiger partial charge in [0.15, 0.2) is 0 Å². The Morgan fingerprint density at radius 3 is 2.65 bits per heavy atom. The molecule has 0 aliphatic heterocycles. The molecule has 31 heavy (non-hydrogen) atoms. The molecule has 0 amide bonds. The number of nitrogens with zero attached hydrogens (tertiary/aromatic N) is 2. The van der Waals surface area contributed by atoms with Crippen molar-refractivity contribution in [1.82, 2.24) is 10.3 Å². The molecule has 0 saturated heterocycles. The van der Waals surface area contributed by atoms with Gasteiger partial charge in [-0.2, -0.15) is 0 Å². The number of nitrogens with one attached hydrogen (secondary N) is 1. The maximum absolute atomic E-state index is 10.5. The lowest BCUT2D eigenvalue weighted by molar-refractivity contribution is -0.136. The van der Waals surface area contributed by atoms with Gasteiger partial charge in [0.2, 0.25) is 0 Å². The molecule has 0 atom stereocenters. The summed E-state index contributed by atoms with van der Waals surface area (Å²) in [5.41, 5.74) is 5.68. The summed E-state index contributed by atoms with van der Waals surface area (Å²) < 4.78 is 0. The number of carbonyl (C=O) groups is 1. The minimum atomic E-state index is -0.810. The molecular formula is C25H29N3O3. The van der Waals surface area contributed by atoms with Crippen LogP contribution >= 0.6 is 0 Å². The number of oxime groups is 1. The Hall–Kier alpha value is -3.51. The van der Waals surface area contributed by atoms with Crippen molar-refractivity contribution in [3.8, 4) is 11.1 Å². The summed E-state index contributed by atoms with van der Waals surface area (Å²) in [7, 11) is 0. The fourth-order valence-electron chi connectivity index (χ4n) is 2.60. The number of pyridine rings is 1. The van der Waals surface area contributed by atoms with E-state index in [0.717, 1.165) is 27.8 Å². The SMILES string of the molecule is C=C(/C=C\C(=C/C)CNCCC(=O)O)/C(C)=N/OCc1ccc(-c2cccnc2)cc1. The smallest absolute Gasteiger partial charge is 0.304 e. The predicted octanol–water partition coefficient (Wildman–Crippen LogP) is 4.76. The van der Waals surface area contributed by atoms with Gasteiger partial charge in [0.05, 0.1) is 12.1 Å². The number of hydrogen-bond acceptors (Lipinski definition) is 5. The van der Waals surface area contributed by atoms with Gasteiger partial charge in [0.25, 0.3) is 0 Å². The summed E-state index contributed by atoms with van der Waals surface area (Å²) in [6.07, 6.45) is 9.47. The summed E-state index contributed by atoms with van der Waals surface area (Å²) in [6.45, 7) is 9.20. The van der Waals surface area contributed by atoms with Crippen molar-refractivity contribution in [1.29, 1.82) is 0 Å². The Balaban J connectivity index is 1.81. The Labute approximate surface area is 183 Å². The van der Waals surface area contributed by atoms with Crippen LogP contribution in [0.5, 0.6) is 0 Å². The van der Waals surface area contributed by atoms with Crippen molar-refractivity contribution in [2.75, 3.05) is 13.1 Å². The van der Waals surface area contributed by atoms with Gasteiger partial charge < -0.3 is 15.3 Å². The minimum absolute atomic E-state index is 0.0999. The van der Waals surface area contributed by atoms with Crippen molar-refractivity contribution in [2.24, 2.45) is 5.16 Å². The van der Waals surface area contributed by atoms with E-state index in [1.165, 1.54) is 0 Å². The molecule has 0 unspecified atom stereocenters. The van der Waals surface area contributed by atoms with E-state index >= 15 is 0 Å². The molecule has 1 aromatic heterocycles. The lowest BCUT2D eigenvalue weighted by atomic mass is 10.1. The Kier molecular flexibility index (Phi) is 9.91. The van der Waals surface area contributed by atoms with Crippen molar-refractivity contribution in [2.45, 2.75) is 26.9 Å². The number of rotatable bonds is 12. The van der Waals surface area contributed by atoms with Gasteiger partial charge in [0, 0.05) is 25.5 Å². The Bertz CT molecular complexity index is 946. The van der Waals surface area contributed by atoms with Crippen LogP contribution in [0.15, 0.2) is 89.9 Å². The Morgan fingerprint density at radius 1 is 1.23 bits per heavy atom. The summed E-state index contributed by atoms with van der Waals surface area (Å²) in [4.78, 5) is 20.2. The number of aromatic nitrogens is 1. The molecular weight excluding hydrogens is 390 g/mol.